The number of aryl methyl sites for hydroxylation is 1. The fourth-order valence-corrected chi connectivity index (χ4v) is 3.73. The fourth-order valence-electron chi connectivity index (χ4n) is 3.73. The van der Waals surface area contributed by atoms with Gasteiger partial charge in [0.2, 0.25) is 0 Å². The van der Waals surface area contributed by atoms with Crippen molar-refractivity contribution in [1.82, 2.24) is 5.32 Å². The van der Waals surface area contributed by atoms with Crippen molar-refractivity contribution in [2.45, 2.75) is 31.3 Å². The van der Waals surface area contributed by atoms with Gasteiger partial charge in [-0.2, -0.15) is 0 Å². The van der Waals surface area contributed by atoms with Crippen LogP contribution in [0.3, 0.4) is 0 Å². The molecule has 2 atom stereocenters. The SMILES string of the molecule is Oc1ccc2c(c1)CN[C@@H]1CCc3cc(O)c(O)cc3[C@@H]21. The lowest BCUT2D eigenvalue weighted by Crippen LogP contribution is -2.42. The number of phenolic OH excluding ortho intramolecular Hbond substituents is 3. The van der Waals surface area contributed by atoms with Crippen LogP contribution in [0.1, 0.15) is 34.6 Å². The molecule has 0 fully saturated rings. The van der Waals surface area contributed by atoms with Crippen molar-refractivity contribution in [2.24, 2.45) is 0 Å². The Balaban J connectivity index is 1.91. The summed E-state index contributed by atoms with van der Waals surface area (Å²) in [4.78, 5) is 0. The van der Waals surface area contributed by atoms with Crippen LogP contribution >= 0.6 is 0 Å². The Morgan fingerprint density at radius 1 is 0.905 bits per heavy atom. The molecule has 0 amide bonds. The van der Waals surface area contributed by atoms with E-state index in [2.05, 4.69) is 5.32 Å². The molecule has 0 bridgehead atoms. The normalized spacial score (nSPS) is 23.0. The van der Waals surface area contributed by atoms with Crippen molar-refractivity contribution < 1.29 is 15.3 Å². The number of benzene rings is 2. The average Bonchev–Trinajstić information content (AvgIpc) is 2.47. The molecule has 4 nitrogen and oxygen atoms in total. The summed E-state index contributed by atoms with van der Waals surface area (Å²) < 4.78 is 0. The van der Waals surface area contributed by atoms with Gasteiger partial charge in [0.1, 0.15) is 5.75 Å². The number of aromatic hydroxyl groups is 3. The molecule has 2 aromatic rings. The van der Waals surface area contributed by atoms with E-state index in [0.717, 1.165) is 36.1 Å². The number of fused-ring (bicyclic) bond motifs is 5. The summed E-state index contributed by atoms with van der Waals surface area (Å²) in [7, 11) is 0. The van der Waals surface area contributed by atoms with E-state index in [1.807, 2.05) is 6.07 Å². The first-order valence-corrected chi connectivity index (χ1v) is 7.23. The van der Waals surface area contributed by atoms with Crippen LogP contribution in [-0.4, -0.2) is 21.4 Å². The molecule has 4 heteroatoms. The summed E-state index contributed by atoms with van der Waals surface area (Å²) in [5.74, 6) is 0.311. The van der Waals surface area contributed by atoms with Crippen LogP contribution < -0.4 is 5.32 Å². The van der Waals surface area contributed by atoms with E-state index in [-0.39, 0.29) is 23.2 Å². The number of hydrogen-bond donors (Lipinski definition) is 4. The van der Waals surface area contributed by atoms with Crippen molar-refractivity contribution in [2.75, 3.05) is 0 Å². The Kier molecular flexibility index (Phi) is 2.62. The molecule has 0 radical (unpaired) electrons. The minimum absolute atomic E-state index is 0.0538. The van der Waals surface area contributed by atoms with Gasteiger partial charge in [0.25, 0.3) is 0 Å². The maximum atomic E-state index is 9.85. The van der Waals surface area contributed by atoms with Gasteiger partial charge < -0.3 is 20.6 Å². The van der Waals surface area contributed by atoms with Crippen molar-refractivity contribution >= 4 is 0 Å². The Labute approximate surface area is 122 Å². The molecule has 2 aromatic carbocycles. The summed E-state index contributed by atoms with van der Waals surface area (Å²) >= 11 is 0. The Morgan fingerprint density at radius 2 is 1.71 bits per heavy atom. The lowest BCUT2D eigenvalue weighted by Gasteiger charge is -2.39. The molecule has 0 saturated heterocycles. The second-order valence-electron chi connectivity index (χ2n) is 5.93. The van der Waals surface area contributed by atoms with Gasteiger partial charge >= 0.3 is 0 Å². The third-order valence-electron chi connectivity index (χ3n) is 4.71. The van der Waals surface area contributed by atoms with Gasteiger partial charge in [-0.3, -0.25) is 0 Å². The van der Waals surface area contributed by atoms with Crippen molar-refractivity contribution in [1.29, 1.82) is 0 Å². The van der Waals surface area contributed by atoms with Crippen molar-refractivity contribution in [3.05, 3.63) is 52.6 Å². The molecule has 4 rings (SSSR count). The van der Waals surface area contributed by atoms with Gasteiger partial charge in [-0.15, -0.1) is 0 Å². The molecule has 108 valence electrons. The van der Waals surface area contributed by atoms with Crippen LogP contribution in [0.25, 0.3) is 0 Å². The minimum atomic E-state index is -0.0692. The monoisotopic (exact) mass is 283 g/mol. The molecular weight excluding hydrogens is 266 g/mol. The summed E-state index contributed by atoms with van der Waals surface area (Å²) in [5.41, 5.74) is 4.45. The summed E-state index contributed by atoms with van der Waals surface area (Å²) in [6, 6.07) is 9.18. The Hall–Kier alpha value is -2.20. The third-order valence-corrected chi connectivity index (χ3v) is 4.71. The first kappa shape index (κ1) is 12.5. The number of rotatable bonds is 0. The highest BCUT2D eigenvalue weighted by Crippen LogP contribution is 2.44. The van der Waals surface area contributed by atoms with Gasteiger partial charge in [0, 0.05) is 18.5 Å². The van der Waals surface area contributed by atoms with Crippen molar-refractivity contribution in [3.8, 4) is 17.2 Å². The molecule has 1 aliphatic carbocycles. The van der Waals surface area contributed by atoms with Gasteiger partial charge in [-0.25, -0.2) is 0 Å². The average molecular weight is 283 g/mol. The smallest absolute Gasteiger partial charge is 0.157 e. The predicted molar refractivity (Wildman–Crippen MR) is 78.7 cm³/mol. The summed E-state index contributed by atoms with van der Waals surface area (Å²) in [5, 5.41) is 32.7. The van der Waals surface area contributed by atoms with Crippen LogP contribution in [0.15, 0.2) is 30.3 Å². The number of phenols is 3. The molecule has 0 unspecified atom stereocenters. The van der Waals surface area contributed by atoms with Crippen LogP contribution in [0, 0.1) is 0 Å². The lowest BCUT2D eigenvalue weighted by atomic mass is 9.72. The molecule has 2 aliphatic rings. The number of nitrogens with one attached hydrogen (secondary N) is 1. The van der Waals surface area contributed by atoms with Gasteiger partial charge in [0.15, 0.2) is 11.5 Å². The van der Waals surface area contributed by atoms with Crippen LogP contribution in [0.5, 0.6) is 17.2 Å². The second kappa shape index (κ2) is 4.40. The maximum Gasteiger partial charge on any atom is 0.157 e. The van der Waals surface area contributed by atoms with Crippen LogP contribution in [-0.2, 0) is 13.0 Å². The fraction of sp³-hybridized carbons (Fsp3) is 0.294. The lowest BCUT2D eigenvalue weighted by molar-refractivity contribution is 0.379. The molecule has 1 aliphatic heterocycles. The highest BCUT2D eigenvalue weighted by Gasteiger charge is 2.35. The van der Waals surface area contributed by atoms with E-state index in [1.165, 1.54) is 5.56 Å². The first-order chi connectivity index (χ1) is 10.1. The van der Waals surface area contributed by atoms with Crippen molar-refractivity contribution in [3.63, 3.8) is 0 Å². The highest BCUT2D eigenvalue weighted by atomic mass is 16.3. The standard InChI is InChI=1S/C17H17NO3/c19-11-2-3-12-10(5-11)8-18-14-4-1-9-6-15(20)16(21)7-13(9)17(12)14/h2-3,5-7,14,17-21H,1,4,8H2/t14-,17-/m1/s1. The predicted octanol–water partition coefficient (Wildman–Crippen LogP) is 2.35. The largest absolute Gasteiger partial charge is 0.508 e. The molecule has 1 heterocycles. The molecular formula is C17H17NO3. The van der Waals surface area contributed by atoms with E-state index in [0.29, 0.717) is 6.04 Å². The van der Waals surface area contributed by atoms with Gasteiger partial charge in [-0.05, 0) is 59.4 Å². The maximum absolute atomic E-state index is 9.85. The first-order valence-electron chi connectivity index (χ1n) is 7.23. The topological polar surface area (TPSA) is 72.7 Å². The Morgan fingerprint density at radius 3 is 2.57 bits per heavy atom. The van der Waals surface area contributed by atoms with Crippen LogP contribution in [0.2, 0.25) is 0 Å². The van der Waals surface area contributed by atoms with Gasteiger partial charge in [-0.1, -0.05) is 6.07 Å². The zero-order chi connectivity index (χ0) is 14.6. The van der Waals surface area contributed by atoms with E-state index >= 15 is 0 Å². The van der Waals surface area contributed by atoms with E-state index in [4.69, 9.17) is 0 Å². The minimum Gasteiger partial charge on any atom is -0.508 e. The van der Waals surface area contributed by atoms with E-state index in [9.17, 15) is 15.3 Å². The quantitative estimate of drug-likeness (QED) is 0.560. The molecule has 4 N–H and O–H groups in total. The van der Waals surface area contributed by atoms with E-state index in [1.54, 1.807) is 24.3 Å². The zero-order valence-corrected chi connectivity index (χ0v) is 11.5. The molecule has 21 heavy (non-hydrogen) atoms. The summed E-state index contributed by atoms with van der Waals surface area (Å²) in [6.45, 7) is 0.754. The third kappa shape index (κ3) is 1.87. The highest BCUT2D eigenvalue weighted by molar-refractivity contribution is 5.54. The number of hydrogen-bond acceptors (Lipinski definition) is 4. The van der Waals surface area contributed by atoms with Crippen LogP contribution in [0.4, 0.5) is 0 Å². The molecule has 0 saturated carbocycles. The second-order valence-corrected chi connectivity index (χ2v) is 5.93. The summed E-state index contributed by atoms with van der Waals surface area (Å²) in [6.07, 6.45) is 1.90. The molecule has 0 spiro atoms. The van der Waals surface area contributed by atoms with E-state index < -0.39 is 0 Å². The van der Waals surface area contributed by atoms with Gasteiger partial charge in [0.05, 0.1) is 0 Å². The molecule has 0 aromatic heterocycles. The Bertz CT molecular complexity index is 726. The zero-order valence-electron chi connectivity index (χ0n) is 11.5.